The molecule has 0 spiro atoms. The molecule has 82 valence electrons. The number of hydrogen-bond donors (Lipinski definition) is 1. The Labute approximate surface area is 95.2 Å². The number of rotatable bonds is 5. The van der Waals surface area contributed by atoms with E-state index in [1.807, 2.05) is 25.1 Å². The summed E-state index contributed by atoms with van der Waals surface area (Å²) in [7, 11) is 1.63. The maximum atomic E-state index is 5.61. The highest BCUT2D eigenvalue weighted by atomic mass is 32.1. The highest BCUT2D eigenvalue weighted by molar-refractivity contribution is 7.80. The van der Waals surface area contributed by atoms with Gasteiger partial charge < -0.3 is 15.2 Å². The molecule has 0 aliphatic rings. The van der Waals surface area contributed by atoms with Crippen LogP contribution in [0.4, 0.5) is 0 Å². The zero-order valence-corrected chi connectivity index (χ0v) is 9.76. The standard InChI is InChI=1S/C11H15NO2S/c1-8-3-4-10(14-6-5-13-2)9(7-8)11(12)15/h3-4,7H,5-6H2,1-2H3,(H2,12,15). The van der Waals surface area contributed by atoms with E-state index in [4.69, 9.17) is 27.4 Å². The molecule has 2 N–H and O–H groups in total. The van der Waals surface area contributed by atoms with Gasteiger partial charge in [-0.25, -0.2) is 0 Å². The summed E-state index contributed by atoms with van der Waals surface area (Å²) >= 11 is 4.95. The molecule has 0 radical (unpaired) electrons. The van der Waals surface area contributed by atoms with E-state index >= 15 is 0 Å². The van der Waals surface area contributed by atoms with E-state index in [1.54, 1.807) is 7.11 Å². The summed E-state index contributed by atoms with van der Waals surface area (Å²) in [5.74, 6) is 0.713. The zero-order valence-electron chi connectivity index (χ0n) is 8.95. The van der Waals surface area contributed by atoms with Gasteiger partial charge in [-0.2, -0.15) is 0 Å². The van der Waals surface area contributed by atoms with Crippen LogP contribution in [0.1, 0.15) is 11.1 Å². The number of thiocarbonyl (C=S) groups is 1. The summed E-state index contributed by atoms with van der Waals surface area (Å²) < 4.78 is 10.4. The van der Waals surface area contributed by atoms with Gasteiger partial charge in [-0.05, 0) is 19.1 Å². The van der Waals surface area contributed by atoms with Crippen LogP contribution in [-0.2, 0) is 4.74 Å². The lowest BCUT2D eigenvalue weighted by Crippen LogP contribution is -2.13. The first-order valence-corrected chi connectivity index (χ1v) is 5.08. The van der Waals surface area contributed by atoms with E-state index < -0.39 is 0 Å². The van der Waals surface area contributed by atoms with Crippen molar-refractivity contribution in [3.05, 3.63) is 29.3 Å². The maximum absolute atomic E-state index is 5.61. The van der Waals surface area contributed by atoms with Gasteiger partial charge in [-0.15, -0.1) is 0 Å². The summed E-state index contributed by atoms with van der Waals surface area (Å²) in [5.41, 5.74) is 7.49. The van der Waals surface area contributed by atoms with Gasteiger partial charge in [0.15, 0.2) is 0 Å². The van der Waals surface area contributed by atoms with E-state index in [2.05, 4.69) is 0 Å². The van der Waals surface area contributed by atoms with Crippen molar-refractivity contribution in [1.82, 2.24) is 0 Å². The number of nitrogens with two attached hydrogens (primary N) is 1. The summed E-state index contributed by atoms with van der Waals surface area (Å²) in [6.07, 6.45) is 0. The Morgan fingerprint density at radius 2 is 2.13 bits per heavy atom. The van der Waals surface area contributed by atoms with Gasteiger partial charge in [-0.3, -0.25) is 0 Å². The molecule has 0 aromatic heterocycles. The fourth-order valence-corrected chi connectivity index (χ4v) is 1.36. The second-order valence-electron chi connectivity index (χ2n) is 3.21. The van der Waals surface area contributed by atoms with Crippen LogP contribution < -0.4 is 10.5 Å². The predicted octanol–water partition coefficient (Wildman–Crippen LogP) is 1.65. The Morgan fingerprint density at radius 3 is 2.73 bits per heavy atom. The molecule has 1 aromatic rings. The number of hydrogen-bond acceptors (Lipinski definition) is 3. The Hall–Kier alpha value is -1.13. The molecule has 0 heterocycles. The van der Waals surface area contributed by atoms with E-state index in [0.717, 1.165) is 11.1 Å². The first kappa shape index (κ1) is 11.9. The molecular weight excluding hydrogens is 210 g/mol. The van der Waals surface area contributed by atoms with Gasteiger partial charge >= 0.3 is 0 Å². The van der Waals surface area contributed by atoms with Crippen LogP contribution in [0.15, 0.2) is 18.2 Å². The van der Waals surface area contributed by atoms with Crippen LogP contribution in [0, 0.1) is 6.92 Å². The lowest BCUT2D eigenvalue weighted by atomic mass is 10.1. The third kappa shape index (κ3) is 3.49. The fourth-order valence-electron chi connectivity index (χ4n) is 1.20. The first-order valence-electron chi connectivity index (χ1n) is 4.67. The molecule has 0 unspecified atom stereocenters. The number of ether oxygens (including phenoxy) is 2. The third-order valence-corrected chi connectivity index (χ3v) is 2.17. The fraction of sp³-hybridized carbons (Fsp3) is 0.364. The van der Waals surface area contributed by atoms with Gasteiger partial charge in [0.1, 0.15) is 17.3 Å². The molecule has 1 aromatic carbocycles. The van der Waals surface area contributed by atoms with E-state index in [0.29, 0.717) is 24.0 Å². The number of methoxy groups -OCH3 is 1. The second-order valence-corrected chi connectivity index (χ2v) is 3.64. The average Bonchev–Trinajstić information content (AvgIpc) is 2.20. The second kappa shape index (κ2) is 5.68. The molecular formula is C11H15NO2S. The highest BCUT2D eigenvalue weighted by Gasteiger charge is 2.06. The quantitative estimate of drug-likeness (QED) is 0.611. The molecule has 15 heavy (non-hydrogen) atoms. The Balaban J connectivity index is 2.81. The molecule has 0 bridgehead atoms. The summed E-state index contributed by atoms with van der Waals surface area (Å²) in [6.45, 7) is 3.03. The lowest BCUT2D eigenvalue weighted by molar-refractivity contribution is 0.146. The lowest BCUT2D eigenvalue weighted by Gasteiger charge is -2.10. The zero-order chi connectivity index (χ0) is 11.3. The molecule has 0 fully saturated rings. The van der Waals surface area contributed by atoms with E-state index in [9.17, 15) is 0 Å². The van der Waals surface area contributed by atoms with Crippen molar-refractivity contribution in [3.63, 3.8) is 0 Å². The van der Waals surface area contributed by atoms with Crippen molar-refractivity contribution in [2.24, 2.45) is 5.73 Å². The third-order valence-electron chi connectivity index (χ3n) is 1.95. The topological polar surface area (TPSA) is 44.5 Å². The summed E-state index contributed by atoms with van der Waals surface area (Å²) in [6, 6.07) is 5.76. The molecule has 0 saturated carbocycles. The Kier molecular flexibility index (Phi) is 4.52. The van der Waals surface area contributed by atoms with Crippen molar-refractivity contribution >= 4 is 17.2 Å². The number of aryl methyl sites for hydroxylation is 1. The minimum atomic E-state index is 0.353. The van der Waals surface area contributed by atoms with Gasteiger partial charge in [0.05, 0.1) is 12.2 Å². The summed E-state index contributed by atoms with van der Waals surface area (Å²) in [4.78, 5) is 0.353. The smallest absolute Gasteiger partial charge is 0.129 e. The Bertz CT molecular complexity index is 352. The van der Waals surface area contributed by atoms with Crippen LogP contribution in [0.25, 0.3) is 0 Å². The predicted molar refractivity (Wildman–Crippen MR) is 64.4 cm³/mol. The molecule has 0 aliphatic carbocycles. The SMILES string of the molecule is COCCOc1ccc(C)cc1C(N)=S. The minimum absolute atomic E-state index is 0.353. The van der Waals surface area contributed by atoms with Crippen LogP contribution >= 0.6 is 12.2 Å². The van der Waals surface area contributed by atoms with Crippen LogP contribution in [-0.4, -0.2) is 25.3 Å². The van der Waals surface area contributed by atoms with Crippen molar-refractivity contribution in [2.45, 2.75) is 6.92 Å². The normalized spacial score (nSPS) is 10.0. The maximum Gasteiger partial charge on any atom is 0.129 e. The molecule has 0 saturated heterocycles. The van der Waals surface area contributed by atoms with Gasteiger partial charge in [0.2, 0.25) is 0 Å². The van der Waals surface area contributed by atoms with E-state index in [-0.39, 0.29) is 0 Å². The van der Waals surface area contributed by atoms with Gasteiger partial charge in [-0.1, -0.05) is 23.8 Å². The monoisotopic (exact) mass is 225 g/mol. The molecule has 3 nitrogen and oxygen atoms in total. The average molecular weight is 225 g/mol. The molecule has 4 heteroatoms. The van der Waals surface area contributed by atoms with Crippen molar-refractivity contribution in [3.8, 4) is 5.75 Å². The van der Waals surface area contributed by atoms with Gasteiger partial charge in [0, 0.05) is 7.11 Å². The first-order chi connectivity index (χ1) is 7.15. The molecule has 0 aliphatic heterocycles. The van der Waals surface area contributed by atoms with E-state index in [1.165, 1.54) is 0 Å². The summed E-state index contributed by atoms with van der Waals surface area (Å²) in [5, 5.41) is 0. The molecule has 1 rings (SSSR count). The van der Waals surface area contributed by atoms with Crippen LogP contribution in [0.5, 0.6) is 5.75 Å². The Morgan fingerprint density at radius 1 is 1.40 bits per heavy atom. The van der Waals surface area contributed by atoms with Crippen LogP contribution in [0.3, 0.4) is 0 Å². The van der Waals surface area contributed by atoms with Crippen molar-refractivity contribution < 1.29 is 9.47 Å². The number of benzene rings is 1. The highest BCUT2D eigenvalue weighted by Crippen LogP contribution is 2.19. The molecule has 0 atom stereocenters. The van der Waals surface area contributed by atoms with Crippen molar-refractivity contribution in [1.29, 1.82) is 0 Å². The van der Waals surface area contributed by atoms with Crippen LogP contribution in [0.2, 0.25) is 0 Å². The molecule has 0 amide bonds. The largest absolute Gasteiger partial charge is 0.490 e. The van der Waals surface area contributed by atoms with Crippen molar-refractivity contribution in [2.75, 3.05) is 20.3 Å². The minimum Gasteiger partial charge on any atom is -0.490 e. The van der Waals surface area contributed by atoms with Gasteiger partial charge in [0.25, 0.3) is 0 Å².